The molecule has 1 atom stereocenters. The van der Waals surface area contributed by atoms with E-state index in [0.717, 1.165) is 31.9 Å². The first-order valence-electron chi connectivity index (χ1n) is 6.96. The van der Waals surface area contributed by atoms with Crippen LogP contribution in [-0.4, -0.2) is 61.4 Å². The lowest BCUT2D eigenvalue weighted by molar-refractivity contribution is -0.162. The summed E-state index contributed by atoms with van der Waals surface area (Å²) in [6, 6.07) is 6.42. The SMILES string of the molecule is COC(=O)C(C)(O)CN1CCN(c2ccc(F)cc2)CC1. The van der Waals surface area contributed by atoms with E-state index in [1.165, 1.54) is 26.2 Å². The van der Waals surface area contributed by atoms with Crippen molar-refractivity contribution in [2.24, 2.45) is 0 Å². The summed E-state index contributed by atoms with van der Waals surface area (Å²) in [6.45, 7) is 4.70. The number of hydrogen-bond donors (Lipinski definition) is 1. The maximum atomic E-state index is 12.9. The van der Waals surface area contributed by atoms with E-state index < -0.39 is 11.6 Å². The molecule has 0 amide bonds. The van der Waals surface area contributed by atoms with Gasteiger partial charge in [-0.3, -0.25) is 4.90 Å². The summed E-state index contributed by atoms with van der Waals surface area (Å²) in [5, 5.41) is 10.1. The van der Waals surface area contributed by atoms with Gasteiger partial charge in [-0.1, -0.05) is 0 Å². The average Bonchev–Trinajstić information content (AvgIpc) is 2.47. The summed E-state index contributed by atoms with van der Waals surface area (Å²) < 4.78 is 17.5. The van der Waals surface area contributed by atoms with Gasteiger partial charge >= 0.3 is 5.97 Å². The minimum Gasteiger partial charge on any atom is -0.467 e. The third kappa shape index (κ3) is 3.92. The lowest BCUT2D eigenvalue weighted by Gasteiger charge is -2.38. The lowest BCUT2D eigenvalue weighted by Crippen LogP contribution is -2.53. The smallest absolute Gasteiger partial charge is 0.338 e. The van der Waals surface area contributed by atoms with Crippen molar-refractivity contribution in [2.45, 2.75) is 12.5 Å². The number of halogens is 1. The van der Waals surface area contributed by atoms with Crippen LogP contribution in [0, 0.1) is 5.82 Å². The Labute approximate surface area is 123 Å². The van der Waals surface area contributed by atoms with Gasteiger partial charge in [0.25, 0.3) is 0 Å². The number of esters is 1. The van der Waals surface area contributed by atoms with Crippen molar-refractivity contribution in [3.63, 3.8) is 0 Å². The Morgan fingerprint density at radius 1 is 1.29 bits per heavy atom. The number of carbonyl (C=O) groups excluding carboxylic acids is 1. The van der Waals surface area contributed by atoms with Crippen LogP contribution in [-0.2, 0) is 9.53 Å². The molecule has 1 aromatic carbocycles. The Bertz CT molecular complexity index is 482. The molecule has 1 heterocycles. The van der Waals surface area contributed by atoms with Crippen LogP contribution in [0.2, 0.25) is 0 Å². The zero-order valence-electron chi connectivity index (χ0n) is 12.4. The summed E-state index contributed by atoms with van der Waals surface area (Å²) in [5.41, 5.74) is -0.511. The number of anilines is 1. The van der Waals surface area contributed by atoms with Crippen molar-refractivity contribution >= 4 is 11.7 Å². The highest BCUT2D eigenvalue weighted by Crippen LogP contribution is 2.18. The van der Waals surface area contributed by atoms with E-state index in [4.69, 9.17) is 0 Å². The van der Waals surface area contributed by atoms with E-state index in [9.17, 15) is 14.3 Å². The summed E-state index contributed by atoms with van der Waals surface area (Å²) in [7, 11) is 1.27. The van der Waals surface area contributed by atoms with Crippen LogP contribution >= 0.6 is 0 Å². The Balaban J connectivity index is 1.88. The van der Waals surface area contributed by atoms with Crippen molar-refractivity contribution in [1.82, 2.24) is 4.90 Å². The van der Waals surface area contributed by atoms with E-state index in [-0.39, 0.29) is 12.4 Å². The Hall–Kier alpha value is -1.66. The topological polar surface area (TPSA) is 53.0 Å². The highest BCUT2D eigenvalue weighted by atomic mass is 19.1. The predicted octanol–water partition coefficient (Wildman–Crippen LogP) is 0.872. The molecule has 21 heavy (non-hydrogen) atoms. The van der Waals surface area contributed by atoms with Gasteiger partial charge in [-0.05, 0) is 31.2 Å². The fraction of sp³-hybridized carbons (Fsp3) is 0.533. The molecule has 1 N–H and O–H groups in total. The van der Waals surface area contributed by atoms with Crippen molar-refractivity contribution in [1.29, 1.82) is 0 Å². The van der Waals surface area contributed by atoms with Gasteiger partial charge in [0.15, 0.2) is 5.60 Å². The number of carbonyl (C=O) groups is 1. The molecule has 116 valence electrons. The monoisotopic (exact) mass is 296 g/mol. The molecular weight excluding hydrogens is 275 g/mol. The van der Waals surface area contributed by atoms with E-state index in [0.29, 0.717) is 0 Å². The summed E-state index contributed by atoms with van der Waals surface area (Å²) in [5.74, 6) is -0.866. The average molecular weight is 296 g/mol. The number of β-amino-alcohol motifs (C(OH)–C–C–N with tert-alkyl or cyclic N) is 1. The van der Waals surface area contributed by atoms with Crippen molar-refractivity contribution in [2.75, 3.05) is 44.7 Å². The second-order valence-corrected chi connectivity index (χ2v) is 5.51. The predicted molar refractivity (Wildman–Crippen MR) is 77.7 cm³/mol. The highest BCUT2D eigenvalue weighted by Gasteiger charge is 2.34. The molecule has 1 aromatic rings. The zero-order valence-corrected chi connectivity index (χ0v) is 12.4. The molecule has 1 aliphatic heterocycles. The van der Waals surface area contributed by atoms with E-state index in [1.807, 2.05) is 4.90 Å². The molecule has 1 aliphatic rings. The van der Waals surface area contributed by atoms with Crippen LogP contribution in [0.5, 0.6) is 0 Å². The van der Waals surface area contributed by atoms with Crippen molar-refractivity contribution in [3.8, 4) is 0 Å². The Morgan fingerprint density at radius 2 is 1.86 bits per heavy atom. The van der Waals surface area contributed by atoms with Gasteiger partial charge in [-0.15, -0.1) is 0 Å². The van der Waals surface area contributed by atoms with E-state index >= 15 is 0 Å². The molecule has 0 aliphatic carbocycles. The standard InChI is InChI=1S/C15H21FN2O3/c1-15(20,14(19)21-2)11-17-7-9-18(10-8-17)13-5-3-12(16)4-6-13/h3-6,20H,7-11H2,1-2H3. The van der Waals surface area contributed by atoms with Crippen LogP contribution in [0.1, 0.15) is 6.92 Å². The van der Waals surface area contributed by atoms with Gasteiger partial charge in [0.05, 0.1) is 7.11 Å². The quantitative estimate of drug-likeness (QED) is 0.836. The van der Waals surface area contributed by atoms with E-state index in [2.05, 4.69) is 9.64 Å². The van der Waals surface area contributed by atoms with Gasteiger partial charge < -0.3 is 14.7 Å². The number of piperazine rings is 1. The second-order valence-electron chi connectivity index (χ2n) is 5.51. The number of ether oxygens (including phenoxy) is 1. The molecule has 1 unspecified atom stereocenters. The second kappa shape index (κ2) is 6.41. The third-order valence-electron chi connectivity index (χ3n) is 3.72. The number of aliphatic hydroxyl groups is 1. The Morgan fingerprint density at radius 3 is 2.38 bits per heavy atom. The first-order valence-corrected chi connectivity index (χ1v) is 6.96. The molecule has 0 bridgehead atoms. The van der Waals surface area contributed by atoms with Gasteiger partial charge in [-0.2, -0.15) is 0 Å². The number of methoxy groups -OCH3 is 1. The fourth-order valence-electron chi connectivity index (χ4n) is 2.54. The molecule has 6 heteroatoms. The largest absolute Gasteiger partial charge is 0.467 e. The maximum absolute atomic E-state index is 12.9. The molecule has 0 saturated carbocycles. The zero-order chi connectivity index (χ0) is 15.5. The minimum absolute atomic E-state index is 0.244. The molecule has 0 aromatic heterocycles. The normalized spacial score (nSPS) is 19.1. The molecule has 0 spiro atoms. The molecule has 0 radical (unpaired) electrons. The number of rotatable bonds is 4. The van der Waals surface area contributed by atoms with Crippen LogP contribution < -0.4 is 4.90 Å². The number of benzene rings is 1. The van der Waals surface area contributed by atoms with Crippen molar-refractivity contribution in [3.05, 3.63) is 30.1 Å². The third-order valence-corrected chi connectivity index (χ3v) is 3.72. The fourth-order valence-corrected chi connectivity index (χ4v) is 2.54. The van der Waals surface area contributed by atoms with Gasteiger partial charge in [-0.25, -0.2) is 9.18 Å². The lowest BCUT2D eigenvalue weighted by atomic mass is 10.1. The summed E-state index contributed by atoms with van der Waals surface area (Å²) in [4.78, 5) is 15.7. The van der Waals surface area contributed by atoms with Gasteiger partial charge in [0, 0.05) is 38.4 Å². The first kappa shape index (κ1) is 15.7. The van der Waals surface area contributed by atoms with Crippen molar-refractivity contribution < 1.29 is 19.0 Å². The number of nitrogens with zero attached hydrogens (tertiary/aromatic N) is 2. The molecular formula is C15H21FN2O3. The first-order chi connectivity index (χ1) is 9.92. The molecule has 1 fully saturated rings. The summed E-state index contributed by atoms with van der Waals surface area (Å²) >= 11 is 0. The van der Waals surface area contributed by atoms with Crippen LogP contribution in [0.15, 0.2) is 24.3 Å². The molecule has 5 nitrogen and oxygen atoms in total. The van der Waals surface area contributed by atoms with Crippen LogP contribution in [0.4, 0.5) is 10.1 Å². The molecule has 1 saturated heterocycles. The Kier molecular flexibility index (Phi) is 4.80. The maximum Gasteiger partial charge on any atom is 0.338 e. The molecule has 2 rings (SSSR count). The van der Waals surface area contributed by atoms with Crippen LogP contribution in [0.25, 0.3) is 0 Å². The highest BCUT2D eigenvalue weighted by molar-refractivity contribution is 5.78. The number of hydrogen-bond acceptors (Lipinski definition) is 5. The van der Waals surface area contributed by atoms with E-state index in [1.54, 1.807) is 12.1 Å². The minimum atomic E-state index is -1.49. The van der Waals surface area contributed by atoms with Gasteiger partial charge in [0.2, 0.25) is 0 Å². The summed E-state index contributed by atoms with van der Waals surface area (Å²) in [6.07, 6.45) is 0. The van der Waals surface area contributed by atoms with Crippen LogP contribution in [0.3, 0.4) is 0 Å². The van der Waals surface area contributed by atoms with Gasteiger partial charge in [0.1, 0.15) is 5.82 Å².